The van der Waals surface area contributed by atoms with Crippen LogP contribution < -0.4 is 19.5 Å². The van der Waals surface area contributed by atoms with Gasteiger partial charge in [0, 0.05) is 24.2 Å². The van der Waals surface area contributed by atoms with E-state index >= 15 is 0 Å². The smallest absolute Gasteiger partial charge is 0.338 e. The van der Waals surface area contributed by atoms with E-state index in [1.54, 1.807) is 36.4 Å². The van der Waals surface area contributed by atoms with Gasteiger partial charge in [0.05, 0.1) is 22.3 Å². The number of aliphatic hydroxyl groups is 1. The maximum Gasteiger partial charge on any atom is 0.338 e. The zero-order chi connectivity index (χ0) is 35.3. The number of hydrogen-bond donors (Lipinski definition) is 3. The average Bonchev–Trinajstić information content (AvgIpc) is 3.12. The van der Waals surface area contributed by atoms with Crippen LogP contribution >= 0.6 is 0 Å². The lowest BCUT2D eigenvalue weighted by Gasteiger charge is -2.24. The van der Waals surface area contributed by atoms with Crippen LogP contribution in [0.15, 0.2) is 114 Å². The molecular formula is C41H44N2O7S. The minimum Gasteiger partial charge on any atom is -0.492 e. The van der Waals surface area contributed by atoms with E-state index in [9.17, 15) is 18.3 Å². The van der Waals surface area contributed by atoms with Gasteiger partial charge in [-0.3, -0.25) is 4.72 Å². The molecule has 3 N–H and O–H groups in total. The summed E-state index contributed by atoms with van der Waals surface area (Å²) in [5.41, 5.74) is 6.58. The maximum absolute atomic E-state index is 13.2. The fourth-order valence-electron chi connectivity index (χ4n) is 5.94. The van der Waals surface area contributed by atoms with Gasteiger partial charge < -0.3 is 24.6 Å². The quantitative estimate of drug-likeness (QED) is 0.0941. The summed E-state index contributed by atoms with van der Waals surface area (Å²) in [5.74, 6) is 0.876. The average molecular weight is 709 g/mol. The van der Waals surface area contributed by atoms with Gasteiger partial charge in [-0.05, 0) is 96.6 Å². The van der Waals surface area contributed by atoms with Gasteiger partial charge in [0.1, 0.15) is 31.3 Å². The van der Waals surface area contributed by atoms with Gasteiger partial charge in [0.25, 0.3) is 10.0 Å². The number of fused-ring (bicyclic) bond motifs is 4. The lowest BCUT2D eigenvalue weighted by Crippen LogP contribution is -2.35. The molecule has 0 fully saturated rings. The van der Waals surface area contributed by atoms with Gasteiger partial charge >= 0.3 is 5.97 Å². The maximum atomic E-state index is 13.2. The van der Waals surface area contributed by atoms with Gasteiger partial charge in [-0.25, -0.2) is 13.2 Å². The lowest BCUT2D eigenvalue weighted by molar-refractivity contribution is 0.0472. The van der Waals surface area contributed by atoms with E-state index in [0.717, 1.165) is 39.1 Å². The van der Waals surface area contributed by atoms with Gasteiger partial charge in [-0.1, -0.05) is 68.1 Å². The summed E-state index contributed by atoms with van der Waals surface area (Å²) in [6.45, 7) is 7.00. The largest absolute Gasteiger partial charge is 0.492 e. The van der Waals surface area contributed by atoms with Gasteiger partial charge in [-0.2, -0.15) is 0 Å². The molecule has 0 radical (unpaired) electrons. The predicted molar refractivity (Wildman–Crippen MR) is 200 cm³/mol. The van der Waals surface area contributed by atoms with E-state index in [-0.39, 0.29) is 37.2 Å². The first kappa shape index (κ1) is 37.1. The van der Waals surface area contributed by atoms with Crippen molar-refractivity contribution in [2.24, 2.45) is 0 Å². The highest BCUT2D eigenvalue weighted by Crippen LogP contribution is 2.33. The van der Waals surface area contributed by atoms with E-state index < -0.39 is 22.2 Å². The van der Waals surface area contributed by atoms with Crippen LogP contribution in [-0.2, 0) is 28.0 Å². The Balaban J connectivity index is 0.00000504. The number of sulfonamides is 1. The van der Waals surface area contributed by atoms with Crippen LogP contribution in [0.1, 0.15) is 58.6 Å². The minimum atomic E-state index is -3.88. The Labute approximate surface area is 300 Å². The Morgan fingerprint density at radius 3 is 2.41 bits per heavy atom. The first-order valence-electron chi connectivity index (χ1n) is 16.4. The first-order valence-corrected chi connectivity index (χ1v) is 17.9. The van der Waals surface area contributed by atoms with Crippen LogP contribution in [0.25, 0.3) is 11.1 Å². The first-order chi connectivity index (χ1) is 24.1. The second kappa shape index (κ2) is 16.2. The number of ether oxygens (including phenoxy) is 3. The summed E-state index contributed by atoms with van der Waals surface area (Å²) in [6.07, 6.45) is -1.02. The SMILES string of the molecule is C.Cc1cc(-c2cccc(C(=O)OCc3ccccc3)c2)cc(C)c1OCCN[C@@H](C)[C@H](O)c1ccc2cc1NS(=O)(=O)c1cccc(c1)CO2. The van der Waals surface area contributed by atoms with Crippen LogP contribution in [-0.4, -0.2) is 38.7 Å². The molecule has 5 aromatic carbocycles. The monoisotopic (exact) mass is 708 g/mol. The van der Waals surface area contributed by atoms with Crippen molar-refractivity contribution in [1.82, 2.24) is 5.32 Å². The van der Waals surface area contributed by atoms with Crippen molar-refractivity contribution in [3.63, 3.8) is 0 Å². The van der Waals surface area contributed by atoms with E-state index in [2.05, 4.69) is 10.0 Å². The van der Waals surface area contributed by atoms with Crippen molar-refractivity contribution in [3.8, 4) is 22.6 Å². The molecule has 5 aromatic rings. The van der Waals surface area contributed by atoms with Crippen LogP contribution in [0.5, 0.6) is 11.5 Å². The second-order valence-corrected chi connectivity index (χ2v) is 14.1. The highest BCUT2D eigenvalue weighted by molar-refractivity contribution is 7.92. The zero-order valence-corrected chi connectivity index (χ0v) is 29.0. The minimum absolute atomic E-state index is 0. The molecule has 0 unspecified atom stereocenters. The van der Waals surface area contributed by atoms with Crippen molar-refractivity contribution in [2.75, 3.05) is 17.9 Å². The Bertz CT molecular complexity index is 2080. The number of anilines is 1. The zero-order valence-electron chi connectivity index (χ0n) is 28.2. The number of esters is 1. The van der Waals surface area contributed by atoms with Crippen LogP contribution in [0.2, 0.25) is 0 Å². The van der Waals surface area contributed by atoms with E-state index in [1.807, 2.05) is 87.5 Å². The van der Waals surface area contributed by atoms with Gasteiger partial charge in [-0.15, -0.1) is 0 Å². The molecule has 0 aliphatic carbocycles. The van der Waals surface area contributed by atoms with Crippen LogP contribution in [0, 0.1) is 13.8 Å². The Morgan fingerprint density at radius 1 is 0.902 bits per heavy atom. The summed E-state index contributed by atoms with van der Waals surface area (Å²) < 4.78 is 46.5. The Morgan fingerprint density at radius 2 is 1.65 bits per heavy atom. The number of nitrogens with one attached hydrogen (secondary N) is 2. The number of aryl methyl sites for hydroxylation is 2. The molecule has 6 rings (SSSR count). The summed E-state index contributed by atoms with van der Waals surface area (Å²) in [6, 6.07) is 32.2. The normalized spacial score (nSPS) is 14.1. The third kappa shape index (κ3) is 8.96. The molecule has 1 aliphatic rings. The topological polar surface area (TPSA) is 123 Å². The van der Waals surface area contributed by atoms with E-state index in [4.69, 9.17) is 14.2 Å². The fourth-order valence-corrected chi connectivity index (χ4v) is 7.09. The highest BCUT2D eigenvalue weighted by atomic mass is 32.2. The number of hydrogen-bond acceptors (Lipinski definition) is 8. The molecule has 0 saturated carbocycles. The van der Waals surface area contributed by atoms with Crippen molar-refractivity contribution < 1.29 is 32.5 Å². The summed E-state index contributed by atoms with van der Waals surface area (Å²) in [4.78, 5) is 12.9. The standard InChI is InChI=1S/C40H40N2O7S.CH4/c1-26-19-33(31-12-8-13-32(22-31)40(44)49-24-29-9-5-4-6-10-29)20-27(2)39(26)47-18-17-41-28(3)38(43)36-16-15-34-23-37(36)42-50(45,46)35-14-7-11-30(21-35)25-48-34;/h4-16,19-23,28,38,41-43H,17-18,24-25H2,1-3H3;1H4/t28-,38-;/m0./s1. The molecule has 10 heteroatoms. The number of benzene rings is 5. The molecule has 1 aliphatic heterocycles. The molecule has 0 spiro atoms. The molecule has 9 nitrogen and oxygen atoms in total. The molecular weight excluding hydrogens is 665 g/mol. The molecule has 0 amide bonds. The fraction of sp³-hybridized carbons (Fsp3) is 0.244. The number of aliphatic hydroxyl groups excluding tert-OH is 1. The molecule has 0 aromatic heterocycles. The van der Waals surface area contributed by atoms with Gasteiger partial charge in [0.2, 0.25) is 0 Å². The Hall–Kier alpha value is -5.16. The molecule has 2 atom stereocenters. The van der Waals surface area contributed by atoms with Crippen LogP contribution in [0.3, 0.4) is 0 Å². The van der Waals surface area contributed by atoms with E-state index in [1.165, 1.54) is 6.07 Å². The Kier molecular flexibility index (Phi) is 11.8. The predicted octanol–water partition coefficient (Wildman–Crippen LogP) is 7.75. The van der Waals surface area contributed by atoms with Crippen molar-refractivity contribution in [2.45, 2.75) is 58.5 Å². The number of carbonyl (C=O) groups excluding carboxylic acids is 1. The van der Waals surface area contributed by atoms with Crippen molar-refractivity contribution in [1.29, 1.82) is 0 Å². The van der Waals surface area contributed by atoms with E-state index in [0.29, 0.717) is 30.0 Å². The summed E-state index contributed by atoms with van der Waals surface area (Å²) >= 11 is 0. The van der Waals surface area contributed by atoms with Crippen LogP contribution in [0.4, 0.5) is 5.69 Å². The van der Waals surface area contributed by atoms with Crippen molar-refractivity contribution in [3.05, 3.63) is 143 Å². The third-order valence-corrected chi connectivity index (χ3v) is 9.96. The molecule has 1 heterocycles. The second-order valence-electron chi connectivity index (χ2n) is 12.4. The summed E-state index contributed by atoms with van der Waals surface area (Å²) in [5, 5.41) is 14.6. The highest BCUT2D eigenvalue weighted by Gasteiger charge is 2.24. The molecule has 0 saturated heterocycles. The number of carbonyl (C=O) groups is 1. The molecule has 51 heavy (non-hydrogen) atoms. The number of rotatable bonds is 11. The lowest BCUT2D eigenvalue weighted by atomic mass is 9.98. The van der Waals surface area contributed by atoms with Gasteiger partial charge in [0.15, 0.2) is 0 Å². The molecule has 4 bridgehead atoms. The molecule has 266 valence electrons. The third-order valence-electron chi connectivity index (χ3n) is 8.60. The van der Waals surface area contributed by atoms with Crippen molar-refractivity contribution >= 4 is 21.7 Å². The summed E-state index contributed by atoms with van der Waals surface area (Å²) in [7, 11) is -3.88.